The molecule has 0 saturated carbocycles. The number of carbonyl (C=O) groups excluding carboxylic acids is 2. The van der Waals surface area contributed by atoms with Gasteiger partial charge < -0.3 is 29.2 Å². The first kappa shape index (κ1) is 20.8. The fraction of sp³-hybridized carbons (Fsp3) is 0.450. The van der Waals surface area contributed by atoms with Crippen LogP contribution in [0.2, 0.25) is 0 Å². The topological polar surface area (TPSA) is 114 Å². The summed E-state index contributed by atoms with van der Waals surface area (Å²) in [4.78, 5) is 30.7. The lowest BCUT2D eigenvalue weighted by Gasteiger charge is -2.36. The van der Waals surface area contributed by atoms with Crippen molar-refractivity contribution < 1.29 is 28.6 Å². The van der Waals surface area contributed by atoms with E-state index in [0.717, 1.165) is 0 Å². The second-order valence-electron chi connectivity index (χ2n) is 6.78. The third-order valence-electron chi connectivity index (χ3n) is 4.87. The van der Waals surface area contributed by atoms with E-state index in [4.69, 9.17) is 13.9 Å². The monoisotopic (exact) mass is 403 g/mol. The van der Waals surface area contributed by atoms with Crippen molar-refractivity contribution in [3.63, 3.8) is 0 Å². The van der Waals surface area contributed by atoms with E-state index in [1.54, 1.807) is 36.3 Å². The number of likely N-dealkylation sites (tertiary alicyclic amines) is 1. The zero-order chi connectivity index (χ0) is 20.8. The number of benzene rings is 1. The van der Waals surface area contributed by atoms with Gasteiger partial charge in [-0.3, -0.25) is 9.59 Å². The van der Waals surface area contributed by atoms with Crippen molar-refractivity contribution in [2.24, 2.45) is 0 Å². The molecule has 0 unspecified atom stereocenters. The van der Waals surface area contributed by atoms with Crippen LogP contribution in [0.1, 0.15) is 23.3 Å². The van der Waals surface area contributed by atoms with Gasteiger partial charge in [0.2, 0.25) is 5.91 Å². The van der Waals surface area contributed by atoms with Gasteiger partial charge in [-0.2, -0.15) is 0 Å². The van der Waals surface area contributed by atoms with Gasteiger partial charge >= 0.3 is 0 Å². The number of aliphatic hydroxyl groups is 1. The summed E-state index contributed by atoms with van der Waals surface area (Å²) in [7, 11) is 3.09. The van der Waals surface area contributed by atoms with Gasteiger partial charge in [0.15, 0.2) is 17.8 Å². The van der Waals surface area contributed by atoms with Crippen LogP contribution in [0.4, 0.5) is 0 Å². The molecule has 0 spiro atoms. The molecule has 2 aromatic rings. The summed E-state index contributed by atoms with van der Waals surface area (Å²) in [6, 6.07) is 6.57. The Kier molecular flexibility index (Phi) is 6.84. The van der Waals surface area contributed by atoms with Crippen molar-refractivity contribution in [1.29, 1.82) is 0 Å². The molecular formula is C20H25N3O6. The Morgan fingerprint density at radius 2 is 2.07 bits per heavy atom. The van der Waals surface area contributed by atoms with Crippen molar-refractivity contribution in [2.75, 3.05) is 33.9 Å². The Morgan fingerprint density at radius 1 is 1.31 bits per heavy atom. The van der Waals surface area contributed by atoms with Crippen LogP contribution in [0.25, 0.3) is 11.3 Å². The van der Waals surface area contributed by atoms with Crippen LogP contribution < -0.4 is 10.1 Å². The Hall–Kier alpha value is -2.91. The predicted octanol–water partition coefficient (Wildman–Crippen LogP) is 1.08. The van der Waals surface area contributed by atoms with Crippen molar-refractivity contribution in [2.45, 2.75) is 25.0 Å². The lowest BCUT2D eigenvalue weighted by Crippen LogP contribution is -2.56. The summed E-state index contributed by atoms with van der Waals surface area (Å²) in [5.41, 5.74) is 0.893. The van der Waals surface area contributed by atoms with Gasteiger partial charge in [-0.05, 0) is 30.7 Å². The van der Waals surface area contributed by atoms with Gasteiger partial charge in [0, 0.05) is 32.2 Å². The molecular weight excluding hydrogens is 378 g/mol. The minimum atomic E-state index is -0.719. The zero-order valence-corrected chi connectivity index (χ0v) is 16.5. The molecule has 156 valence electrons. The molecule has 2 atom stereocenters. The first-order valence-electron chi connectivity index (χ1n) is 9.37. The first-order valence-corrected chi connectivity index (χ1v) is 9.37. The fourth-order valence-electron chi connectivity index (χ4n) is 3.24. The Balaban J connectivity index is 1.71. The van der Waals surface area contributed by atoms with Crippen molar-refractivity contribution in [3.05, 3.63) is 36.4 Å². The molecule has 29 heavy (non-hydrogen) atoms. The number of methoxy groups -OCH3 is 2. The van der Waals surface area contributed by atoms with E-state index in [0.29, 0.717) is 36.6 Å². The number of nitrogens with one attached hydrogen (secondary N) is 1. The maximum atomic E-state index is 13.1. The predicted molar refractivity (Wildman–Crippen MR) is 103 cm³/mol. The van der Waals surface area contributed by atoms with Gasteiger partial charge in [-0.15, -0.1) is 0 Å². The lowest BCUT2D eigenvalue weighted by atomic mass is 10.0. The maximum Gasteiger partial charge on any atom is 0.276 e. The molecule has 0 bridgehead atoms. The molecule has 1 fully saturated rings. The molecule has 9 nitrogen and oxygen atoms in total. The smallest absolute Gasteiger partial charge is 0.276 e. The minimum absolute atomic E-state index is 0.188. The summed E-state index contributed by atoms with van der Waals surface area (Å²) in [5.74, 6) is 0.515. The highest BCUT2D eigenvalue weighted by atomic mass is 16.5. The van der Waals surface area contributed by atoms with Crippen LogP contribution in [0.15, 0.2) is 35.1 Å². The average molecular weight is 403 g/mol. The number of aliphatic hydroxyl groups excluding tert-OH is 1. The second-order valence-corrected chi connectivity index (χ2v) is 6.78. The summed E-state index contributed by atoms with van der Waals surface area (Å²) in [6.45, 7) is 0.842. The Labute approximate surface area is 168 Å². The third kappa shape index (κ3) is 4.93. The molecule has 1 aliphatic rings. The number of aromatic nitrogens is 1. The van der Waals surface area contributed by atoms with Crippen molar-refractivity contribution >= 4 is 11.8 Å². The van der Waals surface area contributed by atoms with Gasteiger partial charge in [-0.1, -0.05) is 0 Å². The molecule has 0 radical (unpaired) electrons. The standard InChI is InChI=1S/C20H25N3O6/c1-27-10-8-17(25)22-15-11-23(9-7-16(15)24)20(26)18-19(29-12-21-18)13-3-5-14(28-2)6-4-13/h3-6,12,15-16,24H,7-11H2,1-2H3,(H,22,25)/t15-,16+/m1/s1. The normalized spacial score (nSPS) is 19.1. The number of hydrogen-bond acceptors (Lipinski definition) is 7. The largest absolute Gasteiger partial charge is 0.497 e. The van der Waals surface area contributed by atoms with Crippen LogP contribution in [0, 0.1) is 0 Å². The number of amides is 2. The molecule has 2 N–H and O–H groups in total. The number of nitrogens with zero attached hydrogens (tertiary/aromatic N) is 2. The van der Waals surface area contributed by atoms with Gasteiger partial charge in [-0.25, -0.2) is 4.98 Å². The molecule has 1 aromatic heterocycles. The molecule has 2 amide bonds. The summed E-state index contributed by atoms with van der Waals surface area (Å²) >= 11 is 0. The van der Waals surface area contributed by atoms with Gasteiger partial charge in [0.25, 0.3) is 5.91 Å². The van der Waals surface area contributed by atoms with Crippen molar-refractivity contribution in [1.82, 2.24) is 15.2 Å². The van der Waals surface area contributed by atoms with E-state index in [1.165, 1.54) is 13.5 Å². The molecule has 1 aromatic carbocycles. The van der Waals surface area contributed by atoms with Crippen LogP contribution in [0.5, 0.6) is 5.75 Å². The van der Waals surface area contributed by atoms with Crippen LogP contribution in [-0.4, -0.2) is 72.9 Å². The van der Waals surface area contributed by atoms with Gasteiger partial charge in [0.05, 0.1) is 25.9 Å². The molecule has 1 aliphatic heterocycles. The maximum absolute atomic E-state index is 13.1. The van der Waals surface area contributed by atoms with E-state index >= 15 is 0 Å². The second kappa shape index (κ2) is 9.53. The Bertz CT molecular complexity index is 835. The Morgan fingerprint density at radius 3 is 2.76 bits per heavy atom. The number of ether oxygens (including phenoxy) is 2. The number of carbonyl (C=O) groups is 2. The number of hydrogen-bond donors (Lipinski definition) is 2. The molecule has 3 rings (SSSR count). The van der Waals surface area contributed by atoms with Crippen LogP contribution in [0.3, 0.4) is 0 Å². The minimum Gasteiger partial charge on any atom is -0.497 e. The third-order valence-corrected chi connectivity index (χ3v) is 4.87. The average Bonchev–Trinajstić information content (AvgIpc) is 3.23. The number of piperidine rings is 1. The summed E-state index contributed by atoms with van der Waals surface area (Å²) in [5, 5.41) is 13.0. The number of oxazole rings is 1. The number of rotatable bonds is 7. The van der Waals surface area contributed by atoms with E-state index in [9.17, 15) is 14.7 Å². The highest BCUT2D eigenvalue weighted by Crippen LogP contribution is 2.27. The van der Waals surface area contributed by atoms with E-state index in [1.807, 2.05) is 0 Å². The first-order chi connectivity index (χ1) is 14.0. The lowest BCUT2D eigenvalue weighted by molar-refractivity contribution is -0.124. The zero-order valence-electron chi connectivity index (χ0n) is 16.5. The quantitative estimate of drug-likeness (QED) is 0.711. The van der Waals surface area contributed by atoms with Crippen molar-refractivity contribution in [3.8, 4) is 17.1 Å². The van der Waals surface area contributed by atoms with Crippen LogP contribution in [-0.2, 0) is 9.53 Å². The van der Waals surface area contributed by atoms with E-state index in [-0.39, 0.29) is 30.5 Å². The fourth-order valence-corrected chi connectivity index (χ4v) is 3.24. The molecule has 0 aliphatic carbocycles. The van der Waals surface area contributed by atoms with Crippen LogP contribution >= 0.6 is 0 Å². The molecule has 2 heterocycles. The van der Waals surface area contributed by atoms with E-state index in [2.05, 4.69) is 10.3 Å². The van der Waals surface area contributed by atoms with Gasteiger partial charge in [0.1, 0.15) is 5.75 Å². The highest BCUT2D eigenvalue weighted by molar-refractivity contribution is 5.97. The highest BCUT2D eigenvalue weighted by Gasteiger charge is 2.33. The van der Waals surface area contributed by atoms with E-state index < -0.39 is 12.1 Å². The summed E-state index contributed by atoms with van der Waals surface area (Å²) in [6.07, 6.45) is 1.06. The SMILES string of the molecule is COCCC(=O)N[C@@H]1CN(C(=O)c2ncoc2-c2ccc(OC)cc2)CC[C@@H]1O. The molecule has 9 heteroatoms. The molecule has 1 saturated heterocycles. The summed E-state index contributed by atoms with van der Waals surface area (Å²) < 4.78 is 15.5.